The lowest BCUT2D eigenvalue weighted by Gasteiger charge is -2.23. The van der Waals surface area contributed by atoms with E-state index in [2.05, 4.69) is 10.2 Å². The van der Waals surface area contributed by atoms with Gasteiger partial charge < -0.3 is 15.0 Å². The Kier molecular flexibility index (Phi) is 6.18. The van der Waals surface area contributed by atoms with E-state index in [9.17, 15) is 4.79 Å². The number of rotatable bonds is 7. The Balaban J connectivity index is 1.95. The molecule has 0 radical (unpaired) electrons. The van der Waals surface area contributed by atoms with Crippen molar-refractivity contribution in [2.45, 2.75) is 13.0 Å². The summed E-state index contributed by atoms with van der Waals surface area (Å²) >= 11 is 0. The molecule has 2 aromatic rings. The van der Waals surface area contributed by atoms with Crippen molar-refractivity contribution < 1.29 is 9.53 Å². The molecule has 0 heterocycles. The van der Waals surface area contributed by atoms with Crippen LogP contribution in [-0.2, 0) is 4.79 Å². The first-order chi connectivity index (χ1) is 11.0. The summed E-state index contributed by atoms with van der Waals surface area (Å²) < 4.78 is 5.56. The normalized spacial score (nSPS) is 12.0. The summed E-state index contributed by atoms with van der Waals surface area (Å²) in [4.78, 5) is 14.3. The van der Waals surface area contributed by atoms with Gasteiger partial charge in [0, 0.05) is 6.54 Å². The molecule has 1 amide bonds. The van der Waals surface area contributed by atoms with E-state index in [1.807, 2.05) is 75.6 Å². The predicted molar refractivity (Wildman–Crippen MR) is 92.6 cm³/mol. The van der Waals surface area contributed by atoms with Crippen molar-refractivity contribution in [2.24, 2.45) is 0 Å². The number of ether oxygens (including phenoxy) is 1. The highest BCUT2D eigenvalue weighted by molar-refractivity contribution is 5.78. The van der Waals surface area contributed by atoms with Crippen LogP contribution in [0.4, 0.5) is 0 Å². The second-order valence-electron chi connectivity index (χ2n) is 5.90. The molecule has 0 aliphatic heterocycles. The summed E-state index contributed by atoms with van der Waals surface area (Å²) in [5, 5.41) is 3.04. The van der Waals surface area contributed by atoms with Crippen molar-refractivity contribution in [1.82, 2.24) is 10.2 Å². The Labute approximate surface area is 138 Å². The van der Waals surface area contributed by atoms with Gasteiger partial charge in [-0.1, -0.05) is 42.5 Å². The summed E-state index contributed by atoms with van der Waals surface area (Å²) in [6.45, 7) is 2.75. The molecule has 0 unspecified atom stereocenters. The van der Waals surface area contributed by atoms with Gasteiger partial charge in [0.05, 0.1) is 6.04 Å². The fourth-order valence-corrected chi connectivity index (χ4v) is 2.37. The van der Waals surface area contributed by atoms with Crippen LogP contribution in [0, 0.1) is 6.92 Å². The largest absolute Gasteiger partial charge is 0.484 e. The van der Waals surface area contributed by atoms with E-state index in [1.54, 1.807) is 0 Å². The number of carbonyl (C=O) groups excluding carboxylic acids is 1. The number of hydrogen-bond donors (Lipinski definition) is 1. The smallest absolute Gasteiger partial charge is 0.258 e. The second-order valence-corrected chi connectivity index (χ2v) is 5.90. The number of hydrogen-bond acceptors (Lipinski definition) is 3. The highest BCUT2D eigenvalue weighted by Crippen LogP contribution is 2.14. The first kappa shape index (κ1) is 17.0. The number of nitrogens with zero attached hydrogens (tertiary/aromatic N) is 1. The summed E-state index contributed by atoms with van der Waals surface area (Å²) in [5.74, 6) is 0.589. The fourth-order valence-electron chi connectivity index (χ4n) is 2.37. The lowest BCUT2D eigenvalue weighted by Crippen LogP contribution is -2.37. The minimum absolute atomic E-state index is 0.0141. The first-order valence-electron chi connectivity index (χ1n) is 7.73. The quantitative estimate of drug-likeness (QED) is 0.855. The van der Waals surface area contributed by atoms with Crippen molar-refractivity contribution in [3.05, 3.63) is 65.7 Å². The van der Waals surface area contributed by atoms with Crippen LogP contribution in [0.5, 0.6) is 5.75 Å². The van der Waals surface area contributed by atoms with Crippen molar-refractivity contribution in [2.75, 3.05) is 27.2 Å². The maximum atomic E-state index is 12.2. The molecule has 0 spiro atoms. The Morgan fingerprint density at radius 2 is 1.87 bits per heavy atom. The van der Waals surface area contributed by atoms with Crippen LogP contribution < -0.4 is 10.1 Å². The molecule has 122 valence electrons. The number of carbonyl (C=O) groups is 1. The molecule has 0 fully saturated rings. The van der Waals surface area contributed by atoms with Gasteiger partial charge in [0.1, 0.15) is 5.75 Å². The van der Waals surface area contributed by atoms with Gasteiger partial charge in [-0.2, -0.15) is 0 Å². The fraction of sp³-hybridized carbons (Fsp3) is 0.316. The maximum absolute atomic E-state index is 12.2. The SMILES string of the molecule is Cc1cccc(OCC(=O)N[C@H](CN(C)C)c2ccccc2)c1. The van der Waals surface area contributed by atoms with E-state index in [4.69, 9.17) is 4.74 Å². The van der Waals surface area contributed by atoms with Gasteiger partial charge in [0.15, 0.2) is 6.61 Å². The molecule has 4 nitrogen and oxygen atoms in total. The number of likely N-dealkylation sites (N-methyl/N-ethyl adjacent to an activating group) is 1. The zero-order valence-corrected chi connectivity index (χ0v) is 14.0. The van der Waals surface area contributed by atoms with Gasteiger partial charge in [-0.25, -0.2) is 0 Å². The van der Waals surface area contributed by atoms with Gasteiger partial charge in [0.25, 0.3) is 5.91 Å². The third-order valence-corrected chi connectivity index (χ3v) is 3.44. The van der Waals surface area contributed by atoms with Crippen LogP contribution >= 0.6 is 0 Å². The van der Waals surface area contributed by atoms with Crippen molar-refractivity contribution in [3.63, 3.8) is 0 Å². The summed E-state index contributed by atoms with van der Waals surface area (Å²) in [6.07, 6.45) is 0. The first-order valence-corrected chi connectivity index (χ1v) is 7.73. The molecular weight excluding hydrogens is 288 g/mol. The third-order valence-electron chi connectivity index (χ3n) is 3.44. The topological polar surface area (TPSA) is 41.6 Å². The predicted octanol–water partition coefficient (Wildman–Crippen LogP) is 2.79. The van der Waals surface area contributed by atoms with E-state index in [1.165, 1.54) is 0 Å². The standard InChI is InChI=1S/C19H24N2O2/c1-15-8-7-11-17(12-15)23-14-19(22)20-18(13-21(2)3)16-9-5-4-6-10-16/h4-12,18H,13-14H2,1-3H3,(H,20,22)/t18-/m1/s1. The minimum atomic E-state index is -0.123. The van der Waals surface area contributed by atoms with E-state index in [0.29, 0.717) is 5.75 Å². The number of amides is 1. The van der Waals surface area contributed by atoms with Gasteiger partial charge in [-0.3, -0.25) is 4.79 Å². The molecule has 2 aromatic carbocycles. The average Bonchev–Trinajstić information content (AvgIpc) is 2.53. The van der Waals surface area contributed by atoms with Gasteiger partial charge in [-0.05, 0) is 44.3 Å². The van der Waals surface area contributed by atoms with Crippen molar-refractivity contribution in [1.29, 1.82) is 0 Å². The molecule has 1 N–H and O–H groups in total. The Hall–Kier alpha value is -2.33. The van der Waals surface area contributed by atoms with E-state index in [0.717, 1.165) is 17.7 Å². The lowest BCUT2D eigenvalue weighted by molar-refractivity contribution is -0.124. The zero-order valence-electron chi connectivity index (χ0n) is 14.0. The van der Waals surface area contributed by atoms with E-state index >= 15 is 0 Å². The van der Waals surface area contributed by atoms with Gasteiger partial charge in [0.2, 0.25) is 0 Å². The summed E-state index contributed by atoms with van der Waals surface area (Å²) in [7, 11) is 3.98. The number of aryl methyl sites for hydroxylation is 1. The molecule has 0 aliphatic rings. The van der Waals surface area contributed by atoms with Crippen LogP contribution in [0.2, 0.25) is 0 Å². The molecule has 23 heavy (non-hydrogen) atoms. The van der Waals surface area contributed by atoms with Gasteiger partial charge in [-0.15, -0.1) is 0 Å². The number of benzene rings is 2. The highest BCUT2D eigenvalue weighted by atomic mass is 16.5. The molecule has 4 heteroatoms. The monoisotopic (exact) mass is 312 g/mol. The molecule has 0 saturated carbocycles. The Morgan fingerprint density at radius 1 is 1.13 bits per heavy atom. The van der Waals surface area contributed by atoms with Crippen molar-refractivity contribution >= 4 is 5.91 Å². The second kappa shape index (κ2) is 8.34. The highest BCUT2D eigenvalue weighted by Gasteiger charge is 2.15. The van der Waals surface area contributed by atoms with Crippen molar-refractivity contribution in [3.8, 4) is 5.75 Å². The van der Waals surface area contributed by atoms with E-state index in [-0.39, 0.29) is 18.6 Å². The Bertz CT molecular complexity index is 626. The summed E-state index contributed by atoms with van der Waals surface area (Å²) in [5.41, 5.74) is 2.20. The molecule has 2 rings (SSSR count). The molecule has 0 aliphatic carbocycles. The number of nitrogens with one attached hydrogen (secondary N) is 1. The van der Waals surface area contributed by atoms with E-state index < -0.39 is 0 Å². The van der Waals surface area contributed by atoms with Crippen LogP contribution in [0.3, 0.4) is 0 Å². The molecule has 1 atom stereocenters. The van der Waals surface area contributed by atoms with Crippen LogP contribution in [-0.4, -0.2) is 38.1 Å². The van der Waals surface area contributed by atoms with Crippen LogP contribution in [0.1, 0.15) is 17.2 Å². The lowest BCUT2D eigenvalue weighted by atomic mass is 10.1. The minimum Gasteiger partial charge on any atom is -0.484 e. The average molecular weight is 312 g/mol. The molecular formula is C19H24N2O2. The molecule has 0 aromatic heterocycles. The maximum Gasteiger partial charge on any atom is 0.258 e. The zero-order chi connectivity index (χ0) is 16.7. The Morgan fingerprint density at radius 3 is 2.52 bits per heavy atom. The summed E-state index contributed by atoms with van der Waals surface area (Å²) in [6, 6.07) is 17.6. The van der Waals surface area contributed by atoms with Crippen LogP contribution in [0.25, 0.3) is 0 Å². The molecule has 0 saturated heterocycles. The molecule has 0 bridgehead atoms. The van der Waals surface area contributed by atoms with Gasteiger partial charge >= 0.3 is 0 Å². The van der Waals surface area contributed by atoms with Crippen LogP contribution in [0.15, 0.2) is 54.6 Å². The third kappa shape index (κ3) is 5.75.